The Kier molecular flexibility index (Phi) is 3.26. The molecular formula is C17H14N4O3. The zero-order valence-corrected chi connectivity index (χ0v) is 13.4. The Bertz CT molecular complexity index is 1020. The minimum atomic E-state index is 0.306. The van der Waals surface area contributed by atoms with E-state index < -0.39 is 0 Å². The quantitative estimate of drug-likeness (QED) is 0.570. The fourth-order valence-corrected chi connectivity index (χ4v) is 2.47. The van der Waals surface area contributed by atoms with Crippen molar-refractivity contribution >= 4 is 11.0 Å². The predicted molar refractivity (Wildman–Crippen MR) is 86.6 cm³/mol. The van der Waals surface area contributed by atoms with E-state index in [-0.39, 0.29) is 0 Å². The van der Waals surface area contributed by atoms with Crippen LogP contribution >= 0.6 is 0 Å². The fourth-order valence-electron chi connectivity index (χ4n) is 2.47. The van der Waals surface area contributed by atoms with Gasteiger partial charge >= 0.3 is 0 Å². The van der Waals surface area contributed by atoms with Crippen molar-refractivity contribution in [3.63, 3.8) is 0 Å². The first-order chi connectivity index (χ1) is 11.7. The van der Waals surface area contributed by atoms with Crippen LogP contribution in [0, 0.1) is 13.8 Å². The summed E-state index contributed by atoms with van der Waals surface area (Å²) in [5, 5.41) is 13.0. The summed E-state index contributed by atoms with van der Waals surface area (Å²) in [4.78, 5) is 4.37. The SMILES string of the molecule is COc1ccc2c(C)c(-c3nc(-c4ccc(C)nn4)no3)oc2c1. The van der Waals surface area contributed by atoms with Crippen molar-refractivity contribution in [2.75, 3.05) is 7.11 Å². The molecule has 0 spiro atoms. The third-order valence-electron chi connectivity index (χ3n) is 3.79. The summed E-state index contributed by atoms with van der Waals surface area (Å²) in [5.41, 5.74) is 3.00. The van der Waals surface area contributed by atoms with Crippen molar-refractivity contribution < 1.29 is 13.7 Å². The molecule has 7 nitrogen and oxygen atoms in total. The third kappa shape index (κ3) is 2.30. The van der Waals surface area contributed by atoms with Crippen LogP contribution in [0.4, 0.5) is 0 Å². The van der Waals surface area contributed by atoms with Crippen LogP contribution in [-0.4, -0.2) is 27.4 Å². The van der Waals surface area contributed by atoms with Gasteiger partial charge in [-0.3, -0.25) is 0 Å². The standard InChI is InChI=1S/C17H14N4O3/c1-9-4-7-13(20-19-9)16-18-17(24-21-16)15-10(2)12-6-5-11(22-3)8-14(12)23-15/h4-8H,1-3H3. The van der Waals surface area contributed by atoms with Crippen LogP contribution in [0.15, 0.2) is 39.3 Å². The van der Waals surface area contributed by atoms with E-state index >= 15 is 0 Å². The Balaban J connectivity index is 1.78. The summed E-state index contributed by atoms with van der Waals surface area (Å²) >= 11 is 0. The number of nitrogens with zero attached hydrogens (tertiary/aromatic N) is 4. The highest BCUT2D eigenvalue weighted by Crippen LogP contribution is 2.34. The molecule has 24 heavy (non-hydrogen) atoms. The van der Waals surface area contributed by atoms with Crippen LogP contribution in [-0.2, 0) is 0 Å². The Morgan fingerprint density at radius 3 is 2.67 bits per heavy atom. The number of aryl methyl sites for hydroxylation is 2. The van der Waals surface area contributed by atoms with Crippen LogP contribution in [0.3, 0.4) is 0 Å². The van der Waals surface area contributed by atoms with E-state index in [0.717, 1.165) is 22.4 Å². The van der Waals surface area contributed by atoms with E-state index in [9.17, 15) is 0 Å². The first-order valence-corrected chi connectivity index (χ1v) is 7.37. The zero-order valence-electron chi connectivity index (χ0n) is 13.4. The molecule has 0 N–H and O–H groups in total. The number of benzene rings is 1. The lowest BCUT2D eigenvalue weighted by molar-refractivity contribution is 0.413. The van der Waals surface area contributed by atoms with Crippen molar-refractivity contribution in [3.8, 4) is 28.9 Å². The minimum Gasteiger partial charge on any atom is -0.497 e. The highest BCUT2D eigenvalue weighted by molar-refractivity contribution is 5.87. The van der Waals surface area contributed by atoms with Crippen LogP contribution < -0.4 is 4.74 Å². The molecule has 0 aliphatic carbocycles. The topological polar surface area (TPSA) is 87.1 Å². The van der Waals surface area contributed by atoms with Gasteiger partial charge in [0.2, 0.25) is 5.82 Å². The molecule has 3 heterocycles. The minimum absolute atomic E-state index is 0.306. The molecule has 3 aromatic heterocycles. The Labute approximate surface area is 137 Å². The normalized spacial score (nSPS) is 11.1. The molecule has 0 aliphatic heterocycles. The van der Waals surface area contributed by atoms with E-state index in [0.29, 0.717) is 28.8 Å². The van der Waals surface area contributed by atoms with E-state index in [4.69, 9.17) is 13.7 Å². The fraction of sp³-hybridized carbons (Fsp3) is 0.176. The summed E-state index contributed by atoms with van der Waals surface area (Å²) in [5.74, 6) is 1.94. The molecule has 1 aromatic carbocycles. The molecule has 0 saturated heterocycles. The van der Waals surface area contributed by atoms with Gasteiger partial charge in [-0.15, -0.1) is 5.10 Å². The smallest absolute Gasteiger partial charge is 0.294 e. The van der Waals surface area contributed by atoms with Gasteiger partial charge in [0.25, 0.3) is 5.89 Å². The van der Waals surface area contributed by atoms with Gasteiger partial charge < -0.3 is 13.7 Å². The van der Waals surface area contributed by atoms with E-state index in [1.165, 1.54) is 0 Å². The van der Waals surface area contributed by atoms with Crippen molar-refractivity contribution in [2.24, 2.45) is 0 Å². The van der Waals surface area contributed by atoms with Crippen molar-refractivity contribution in [1.29, 1.82) is 0 Å². The van der Waals surface area contributed by atoms with Crippen molar-refractivity contribution in [3.05, 3.63) is 41.6 Å². The summed E-state index contributed by atoms with van der Waals surface area (Å²) < 4.78 is 16.5. The second-order valence-corrected chi connectivity index (χ2v) is 5.40. The van der Waals surface area contributed by atoms with Gasteiger partial charge in [-0.25, -0.2) is 0 Å². The van der Waals surface area contributed by atoms with Gasteiger partial charge in [-0.05, 0) is 38.1 Å². The largest absolute Gasteiger partial charge is 0.497 e. The molecule has 0 saturated carbocycles. The lowest BCUT2D eigenvalue weighted by Crippen LogP contribution is -1.90. The first-order valence-electron chi connectivity index (χ1n) is 7.37. The average Bonchev–Trinajstić information content (AvgIpc) is 3.20. The average molecular weight is 322 g/mol. The van der Waals surface area contributed by atoms with Gasteiger partial charge in [-0.1, -0.05) is 5.16 Å². The summed E-state index contributed by atoms with van der Waals surface area (Å²) in [6.45, 7) is 3.81. The molecule has 0 amide bonds. The monoisotopic (exact) mass is 322 g/mol. The third-order valence-corrected chi connectivity index (χ3v) is 3.79. The molecular weight excluding hydrogens is 308 g/mol. The molecule has 0 unspecified atom stereocenters. The first kappa shape index (κ1) is 14.4. The van der Waals surface area contributed by atoms with E-state index in [1.54, 1.807) is 13.2 Å². The van der Waals surface area contributed by atoms with Crippen LogP contribution in [0.2, 0.25) is 0 Å². The Hall–Kier alpha value is -3.22. The molecule has 4 rings (SSSR count). The number of hydrogen-bond donors (Lipinski definition) is 0. The number of hydrogen-bond acceptors (Lipinski definition) is 7. The second kappa shape index (κ2) is 5.45. The maximum absolute atomic E-state index is 5.88. The summed E-state index contributed by atoms with van der Waals surface area (Å²) in [6, 6.07) is 9.30. The van der Waals surface area contributed by atoms with Gasteiger partial charge in [0.1, 0.15) is 17.0 Å². The summed E-state index contributed by atoms with van der Waals surface area (Å²) in [6.07, 6.45) is 0. The van der Waals surface area contributed by atoms with Gasteiger partial charge in [-0.2, -0.15) is 10.1 Å². The molecule has 7 heteroatoms. The van der Waals surface area contributed by atoms with Crippen molar-refractivity contribution in [2.45, 2.75) is 13.8 Å². The van der Waals surface area contributed by atoms with E-state index in [2.05, 4.69) is 20.3 Å². The molecule has 120 valence electrons. The maximum Gasteiger partial charge on any atom is 0.294 e. The van der Waals surface area contributed by atoms with E-state index in [1.807, 2.05) is 38.1 Å². The van der Waals surface area contributed by atoms with Crippen molar-refractivity contribution in [1.82, 2.24) is 20.3 Å². The van der Waals surface area contributed by atoms with Gasteiger partial charge in [0.15, 0.2) is 5.76 Å². The lowest BCUT2D eigenvalue weighted by atomic mass is 10.1. The molecule has 0 bridgehead atoms. The number of methoxy groups -OCH3 is 1. The summed E-state index contributed by atoms with van der Waals surface area (Å²) in [7, 11) is 1.62. The molecule has 0 aliphatic rings. The van der Waals surface area contributed by atoms with Crippen LogP contribution in [0.1, 0.15) is 11.3 Å². The number of fused-ring (bicyclic) bond motifs is 1. The highest BCUT2D eigenvalue weighted by atomic mass is 16.5. The Morgan fingerprint density at radius 2 is 1.92 bits per heavy atom. The number of furan rings is 1. The second-order valence-electron chi connectivity index (χ2n) is 5.40. The van der Waals surface area contributed by atoms with Crippen LogP contribution in [0.5, 0.6) is 5.75 Å². The Morgan fingerprint density at radius 1 is 1.04 bits per heavy atom. The zero-order chi connectivity index (χ0) is 16.7. The molecule has 0 fully saturated rings. The number of aromatic nitrogens is 4. The number of ether oxygens (including phenoxy) is 1. The maximum atomic E-state index is 5.88. The van der Waals surface area contributed by atoms with Crippen LogP contribution in [0.25, 0.3) is 34.1 Å². The van der Waals surface area contributed by atoms with Gasteiger partial charge in [0.05, 0.1) is 12.8 Å². The predicted octanol–water partition coefficient (Wildman–Crippen LogP) is 3.57. The molecule has 4 aromatic rings. The van der Waals surface area contributed by atoms with Gasteiger partial charge in [0, 0.05) is 17.0 Å². The highest BCUT2D eigenvalue weighted by Gasteiger charge is 2.20. The molecule has 0 atom stereocenters. The number of rotatable bonds is 3. The molecule has 0 radical (unpaired) electrons. The lowest BCUT2D eigenvalue weighted by Gasteiger charge is -1.97.